The Morgan fingerprint density at radius 2 is 1.95 bits per heavy atom. The number of halogens is 2. The number of rotatable bonds is 3. The zero-order valence-corrected chi connectivity index (χ0v) is 11.3. The van der Waals surface area contributed by atoms with Crippen LogP contribution in [0.5, 0.6) is 5.75 Å². The van der Waals surface area contributed by atoms with Gasteiger partial charge in [0.1, 0.15) is 17.5 Å². The van der Waals surface area contributed by atoms with Crippen LogP contribution in [0, 0.1) is 0 Å². The fourth-order valence-corrected chi connectivity index (χ4v) is 2.06. The summed E-state index contributed by atoms with van der Waals surface area (Å²) >= 11 is 11.9. The highest BCUT2D eigenvalue weighted by atomic mass is 35.5. The molecule has 0 amide bonds. The minimum atomic E-state index is 0.262. The molecular weight excluding hydrogens is 285 g/mol. The first-order chi connectivity index (χ1) is 9.22. The van der Waals surface area contributed by atoms with Crippen LogP contribution in [0.1, 0.15) is 5.82 Å². The third-order valence-corrected chi connectivity index (χ3v) is 3.04. The Morgan fingerprint density at radius 1 is 1.11 bits per heavy atom. The zero-order chi connectivity index (χ0) is 13.2. The normalized spacial score (nSPS) is 10.8. The predicted molar refractivity (Wildman–Crippen MR) is 73.8 cm³/mol. The van der Waals surface area contributed by atoms with E-state index in [-0.39, 0.29) is 6.61 Å². The summed E-state index contributed by atoms with van der Waals surface area (Å²) in [4.78, 5) is 4.32. The van der Waals surface area contributed by atoms with Crippen molar-refractivity contribution in [3.63, 3.8) is 0 Å². The van der Waals surface area contributed by atoms with Crippen LogP contribution in [0.15, 0.2) is 42.5 Å². The fourth-order valence-electron chi connectivity index (χ4n) is 1.68. The summed E-state index contributed by atoms with van der Waals surface area (Å²) < 4.78 is 7.14. The third kappa shape index (κ3) is 2.64. The Hall–Kier alpha value is -1.78. The van der Waals surface area contributed by atoms with Gasteiger partial charge in [0.2, 0.25) is 0 Å². The smallest absolute Gasteiger partial charge is 0.189 e. The van der Waals surface area contributed by atoms with Gasteiger partial charge < -0.3 is 4.74 Å². The van der Waals surface area contributed by atoms with Gasteiger partial charge in [0.15, 0.2) is 11.5 Å². The van der Waals surface area contributed by atoms with Gasteiger partial charge in [-0.05, 0) is 30.3 Å². The Morgan fingerprint density at radius 3 is 2.74 bits per heavy atom. The summed E-state index contributed by atoms with van der Waals surface area (Å²) in [6, 6.07) is 12.6. The van der Waals surface area contributed by atoms with Crippen molar-refractivity contribution in [1.29, 1.82) is 0 Å². The molecular formula is C13H9Cl2N3O. The molecule has 19 heavy (non-hydrogen) atoms. The van der Waals surface area contributed by atoms with Crippen molar-refractivity contribution < 1.29 is 4.74 Å². The molecule has 0 aliphatic heterocycles. The first kappa shape index (κ1) is 12.3. The molecule has 2 aromatic heterocycles. The SMILES string of the molecule is Clc1cccc(OCc2nc3cccc(Cl)n3n2)c1. The molecule has 0 spiro atoms. The van der Waals surface area contributed by atoms with Crippen molar-refractivity contribution in [1.82, 2.24) is 14.6 Å². The van der Waals surface area contributed by atoms with Crippen molar-refractivity contribution >= 4 is 28.8 Å². The lowest BCUT2D eigenvalue weighted by molar-refractivity contribution is 0.296. The second-order valence-corrected chi connectivity index (χ2v) is 4.72. The molecule has 0 fully saturated rings. The van der Waals surface area contributed by atoms with Crippen LogP contribution in [0.25, 0.3) is 5.65 Å². The second-order valence-electron chi connectivity index (χ2n) is 3.89. The number of benzene rings is 1. The largest absolute Gasteiger partial charge is 0.485 e. The van der Waals surface area contributed by atoms with Crippen LogP contribution in [-0.4, -0.2) is 14.6 Å². The van der Waals surface area contributed by atoms with Crippen molar-refractivity contribution in [2.75, 3.05) is 0 Å². The lowest BCUT2D eigenvalue weighted by Gasteiger charge is -2.02. The average Bonchev–Trinajstić information content (AvgIpc) is 2.81. The maximum Gasteiger partial charge on any atom is 0.189 e. The van der Waals surface area contributed by atoms with E-state index in [2.05, 4.69) is 10.1 Å². The highest BCUT2D eigenvalue weighted by Crippen LogP contribution is 2.18. The van der Waals surface area contributed by atoms with Crippen LogP contribution >= 0.6 is 23.2 Å². The van der Waals surface area contributed by atoms with Gasteiger partial charge in [-0.2, -0.15) is 0 Å². The highest BCUT2D eigenvalue weighted by molar-refractivity contribution is 6.30. The maximum atomic E-state index is 6.01. The summed E-state index contributed by atoms with van der Waals surface area (Å²) in [6.07, 6.45) is 0. The molecule has 6 heteroatoms. The van der Waals surface area contributed by atoms with Gasteiger partial charge >= 0.3 is 0 Å². The lowest BCUT2D eigenvalue weighted by atomic mass is 10.3. The topological polar surface area (TPSA) is 39.4 Å². The fraction of sp³-hybridized carbons (Fsp3) is 0.0769. The van der Waals surface area contributed by atoms with E-state index >= 15 is 0 Å². The minimum absolute atomic E-state index is 0.262. The molecule has 0 saturated carbocycles. The van der Waals surface area contributed by atoms with Crippen molar-refractivity contribution in [3.05, 3.63) is 58.5 Å². The molecule has 0 radical (unpaired) electrons. The summed E-state index contributed by atoms with van der Waals surface area (Å²) in [5.74, 6) is 1.24. The zero-order valence-electron chi connectivity index (χ0n) is 9.75. The number of ether oxygens (including phenoxy) is 1. The molecule has 0 bridgehead atoms. The first-order valence-corrected chi connectivity index (χ1v) is 6.36. The number of fused-ring (bicyclic) bond motifs is 1. The molecule has 3 rings (SSSR count). The van der Waals surface area contributed by atoms with E-state index in [1.54, 1.807) is 22.7 Å². The predicted octanol–water partition coefficient (Wildman–Crippen LogP) is 3.62. The van der Waals surface area contributed by atoms with Crippen LogP contribution in [0.3, 0.4) is 0 Å². The minimum Gasteiger partial charge on any atom is -0.485 e. The molecule has 96 valence electrons. The van der Waals surface area contributed by atoms with E-state index in [0.29, 0.717) is 27.4 Å². The second kappa shape index (κ2) is 5.07. The first-order valence-electron chi connectivity index (χ1n) is 5.61. The van der Waals surface area contributed by atoms with E-state index in [9.17, 15) is 0 Å². The monoisotopic (exact) mass is 293 g/mol. The molecule has 0 N–H and O–H groups in total. The van der Waals surface area contributed by atoms with Gasteiger partial charge in [-0.1, -0.05) is 35.3 Å². The number of nitrogens with zero attached hydrogens (tertiary/aromatic N) is 3. The van der Waals surface area contributed by atoms with Gasteiger partial charge in [-0.25, -0.2) is 9.50 Å². The summed E-state index contributed by atoms with van der Waals surface area (Å²) in [6.45, 7) is 0.262. The van der Waals surface area contributed by atoms with E-state index in [1.807, 2.05) is 24.3 Å². The quantitative estimate of drug-likeness (QED) is 0.693. The Labute approximate surface area is 119 Å². The average molecular weight is 294 g/mol. The summed E-state index contributed by atoms with van der Waals surface area (Å²) in [7, 11) is 0. The van der Waals surface area contributed by atoms with Gasteiger partial charge in [-0.3, -0.25) is 0 Å². The molecule has 0 atom stereocenters. The van der Waals surface area contributed by atoms with Gasteiger partial charge in [0.05, 0.1) is 0 Å². The number of pyridine rings is 1. The highest BCUT2D eigenvalue weighted by Gasteiger charge is 2.06. The summed E-state index contributed by atoms with van der Waals surface area (Å²) in [5, 5.41) is 5.41. The molecule has 1 aromatic carbocycles. The van der Waals surface area contributed by atoms with Crippen molar-refractivity contribution in [2.24, 2.45) is 0 Å². The van der Waals surface area contributed by atoms with Crippen molar-refractivity contribution in [3.8, 4) is 5.75 Å². The van der Waals surface area contributed by atoms with Crippen LogP contribution in [-0.2, 0) is 6.61 Å². The van der Waals surface area contributed by atoms with E-state index < -0.39 is 0 Å². The molecule has 3 aromatic rings. The maximum absolute atomic E-state index is 6.01. The van der Waals surface area contributed by atoms with Crippen LogP contribution < -0.4 is 4.74 Å². The van der Waals surface area contributed by atoms with Gasteiger partial charge in [-0.15, -0.1) is 5.10 Å². The Kier molecular flexibility index (Phi) is 3.27. The van der Waals surface area contributed by atoms with Gasteiger partial charge in [0.25, 0.3) is 0 Å². The summed E-state index contributed by atoms with van der Waals surface area (Å²) in [5.41, 5.74) is 0.692. The number of hydrogen-bond donors (Lipinski definition) is 0. The Balaban J connectivity index is 1.80. The molecule has 0 aliphatic carbocycles. The molecule has 0 saturated heterocycles. The third-order valence-electron chi connectivity index (χ3n) is 2.52. The van der Waals surface area contributed by atoms with Gasteiger partial charge in [0, 0.05) is 5.02 Å². The van der Waals surface area contributed by atoms with E-state index in [1.165, 1.54) is 0 Å². The molecule has 0 aliphatic rings. The number of hydrogen-bond acceptors (Lipinski definition) is 3. The van der Waals surface area contributed by atoms with E-state index in [4.69, 9.17) is 27.9 Å². The standard InChI is InChI=1S/C13H9Cl2N3O/c14-9-3-1-4-10(7-9)19-8-12-16-13-6-2-5-11(15)18(13)17-12/h1-7H,8H2. The molecule has 2 heterocycles. The van der Waals surface area contributed by atoms with E-state index in [0.717, 1.165) is 0 Å². The molecule has 4 nitrogen and oxygen atoms in total. The van der Waals surface area contributed by atoms with Crippen molar-refractivity contribution in [2.45, 2.75) is 6.61 Å². The van der Waals surface area contributed by atoms with Crippen LogP contribution in [0.2, 0.25) is 10.2 Å². The molecule has 0 unspecified atom stereocenters. The lowest BCUT2D eigenvalue weighted by Crippen LogP contribution is -1.98. The Bertz CT molecular complexity index is 727. The van der Waals surface area contributed by atoms with Crippen LogP contribution in [0.4, 0.5) is 0 Å². The number of aromatic nitrogens is 3.